The van der Waals surface area contributed by atoms with E-state index in [9.17, 15) is 14.9 Å². The first-order valence-corrected chi connectivity index (χ1v) is 5.56. The number of carbonyl (C=O) groups excluding carboxylic acids is 1. The predicted molar refractivity (Wildman–Crippen MR) is 70.0 cm³/mol. The highest BCUT2D eigenvalue weighted by molar-refractivity contribution is 6.06. The molecular weight excluding hydrogens is 246 g/mol. The minimum Gasteiger partial charge on any atom is -0.306 e. The van der Waals surface area contributed by atoms with E-state index in [4.69, 9.17) is 0 Å². The Hall–Kier alpha value is -2.76. The van der Waals surface area contributed by atoms with Gasteiger partial charge in [-0.3, -0.25) is 14.9 Å². The fraction of sp³-hybridized carbons (Fsp3) is 0.0769. The molecule has 0 spiro atoms. The van der Waals surface area contributed by atoms with E-state index in [0.29, 0.717) is 11.4 Å². The lowest BCUT2D eigenvalue weighted by molar-refractivity contribution is -0.385. The first-order chi connectivity index (χ1) is 9.09. The van der Waals surface area contributed by atoms with Gasteiger partial charge < -0.3 is 5.32 Å². The molecule has 1 heterocycles. The van der Waals surface area contributed by atoms with Crippen LogP contribution in [-0.2, 0) is 0 Å². The number of carbonyl (C=O) groups is 1. The Bertz CT molecular complexity index is 626. The number of para-hydroxylation sites is 1. The minimum absolute atomic E-state index is 0.0238. The monoisotopic (exact) mass is 257 g/mol. The number of nitrogens with zero attached hydrogens (tertiary/aromatic N) is 2. The molecule has 0 unspecified atom stereocenters. The first kappa shape index (κ1) is 12.7. The topological polar surface area (TPSA) is 85.1 Å². The SMILES string of the molecule is Cc1cccc(C(=O)Nc2ccccn2)c1[N+](=O)[O-]. The second kappa shape index (κ2) is 5.26. The molecule has 6 nitrogen and oxygen atoms in total. The molecule has 0 fully saturated rings. The van der Waals surface area contributed by atoms with Crippen molar-refractivity contribution in [2.75, 3.05) is 5.32 Å². The lowest BCUT2D eigenvalue weighted by Gasteiger charge is -2.06. The van der Waals surface area contributed by atoms with Crippen LogP contribution in [-0.4, -0.2) is 15.8 Å². The number of amides is 1. The molecule has 0 radical (unpaired) electrons. The van der Waals surface area contributed by atoms with E-state index in [0.717, 1.165) is 0 Å². The Morgan fingerprint density at radius 1 is 1.26 bits per heavy atom. The van der Waals surface area contributed by atoms with Crippen LogP contribution < -0.4 is 5.32 Å². The number of pyridine rings is 1. The van der Waals surface area contributed by atoms with E-state index in [1.165, 1.54) is 12.3 Å². The standard InChI is InChI=1S/C13H11N3O3/c1-9-5-4-6-10(12(9)16(18)19)13(17)15-11-7-2-3-8-14-11/h2-8H,1H3,(H,14,15,17). The minimum atomic E-state index is -0.553. The summed E-state index contributed by atoms with van der Waals surface area (Å²) < 4.78 is 0. The Morgan fingerprint density at radius 2 is 2.05 bits per heavy atom. The molecule has 1 aromatic carbocycles. The van der Waals surface area contributed by atoms with Gasteiger partial charge in [0, 0.05) is 11.8 Å². The summed E-state index contributed by atoms with van der Waals surface area (Å²) in [6.07, 6.45) is 1.53. The van der Waals surface area contributed by atoms with Gasteiger partial charge in [0.15, 0.2) is 0 Å². The molecule has 19 heavy (non-hydrogen) atoms. The Kier molecular flexibility index (Phi) is 3.51. The van der Waals surface area contributed by atoms with Crippen LogP contribution >= 0.6 is 0 Å². The number of rotatable bonds is 3. The molecule has 2 aromatic rings. The summed E-state index contributed by atoms with van der Waals surface area (Å²) in [5.41, 5.74) is 0.283. The van der Waals surface area contributed by atoms with E-state index in [1.54, 1.807) is 37.3 Å². The number of hydrogen-bond acceptors (Lipinski definition) is 4. The smallest absolute Gasteiger partial charge is 0.285 e. The fourth-order valence-electron chi connectivity index (χ4n) is 1.70. The largest absolute Gasteiger partial charge is 0.306 e. The lowest BCUT2D eigenvalue weighted by Crippen LogP contribution is -2.15. The van der Waals surface area contributed by atoms with Crippen molar-refractivity contribution in [1.82, 2.24) is 4.98 Å². The van der Waals surface area contributed by atoms with Gasteiger partial charge in [0.2, 0.25) is 0 Å². The molecule has 0 atom stereocenters. The summed E-state index contributed by atoms with van der Waals surface area (Å²) in [6, 6.07) is 9.66. The molecular formula is C13H11N3O3. The molecule has 1 aromatic heterocycles. The number of nitrogens with one attached hydrogen (secondary N) is 1. The summed E-state index contributed by atoms with van der Waals surface area (Å²) in [5.74, 6) is -0.197. The number of nitro benzene ring substituents is 1. The Morgan fingerprint density at radius 3 is 2.68 bits per heavy atom. The second-order valence-electron chi connectivity index (χ2n) is 3.90. The van der Waals surface area contributed by atoms with Gasteiger partial charge in [0.1, 0.15) is 11.4 Å². The normalized spacial score (nSPS) is 9.95. The van der Waals surface area contributed by atoms with Gasteiger partial charge in [0.05, 0.1) is 4.92 Å². The van der Waals surface area contributed by atoms with Crippen LogP contribution in [0.25, 0.3) is 0 Å². The van der Waals surface area contributed by atoms with Gasteiger partial charge in [-0.1, -0.05) is 18.2 Å². The van der Waals surface area contributed by atoms with Crippen LogP contribution in [0.15, 0.2) is 42.6 Å². The van der Waals surface area contributed by atoms with Crippen LogP contribution in [0.2, 0.25) is 0 Å². The van der Waals surface area contributed by atoms with Crippen molar-refractivity contribution in [3.63, 3.8) is 0 Å². The maximum atomic E-state index is 12.0. The molecule has 0 aliphatic rings. The number of hydrogen-bond donors (Lipinski definition) is 1. The maximum Gasteiger partial charge on any atom is 0.285 e. The third kappa shape index (κ3) is 2.74. The molecule has 96 valence electrons. The summed E-state index contributed by atoms with van der Waals surface area (Å²) in [6.45, 7) is 1.59. The molecule has 1 amide bonds. The third-order valence-corrected chi connectivity index (χ3v) is 2.57. The summed E-state index contributed by atoms with van der Waals surface area (Å²) in [5, 5.41) is 13.5. The van der Waals surface area contributed by atoms with Gasteiger partial charge in [-0.2, -0.15) is 0 Å². The van der Waals surface area contributed by atoms with Gasteiger partial charge in [-0.25, -0.2) is 4.98 Å². The number of anilines is 1. The van der Waals surface area contributed by atoms with Crippen molar-refractivity contribution in [2.45, 2.75) is 6.92 Å². The number of aryl methyl sites for hydroxylation is 1. The van der Waals surface area contributed by atoms with Gasteiger partial charge in [-0.05, 0) is 25.1 Å². The zero-order chi connectivity index (χ0) is 13.8. The molecule has 0 bridgehead atoms. The predicted octanol–water partition coefficient (Wildman–Crippen LogP) is 2.55. The van der Waals surface area contributed by atoms with Crippen LogP contribution in [0.3, 0.4) is 0 Å². The summed E-state index contributed by atoms with van der Waals surface area (Å²) in [7, 11) is 0. The van der Waals surface area contributed by atoms with Crippen LogP contribution in [0.4, 0.5) is 11.5 Å². The van der Waals surface area contributed by atoms with Gasteiger partial charge in [-0.15, -0.1) is 0 Å². The summed E-state index contributed by atoms with van der Waals surface area (Å²) >= 11 is 0. The maximum absolute atomic E-state index is 12.0. The second-order valence-corrected chi connectivity index (χ2v) is 3.90. The number of aromatic nitrogens is 1. The molecule has 0 aliphatic carbocycles. The van der Waals surface area contributed by atoms with E-state index in [2.05, 4.69) is 10.3 Å². The highest BCUT2D eigenvalue weighted by Gasteiger charge is 2.22. The van der Waals surface area contributed by atoms with Crippen molar-refractivity contribution >= 4 is 17.4 Å². The number of nitro groups is 1. The highest BCUT2D eigenvalue weighted by atomic mass is 16.6. The fourth-order valence-corrected chi connectivity index (χ4v) is 1.70. The highest BCUT2D eigenvalue weighted by Crippen LogP contribution is 2.23. The molecule has 0 saturated carbocycles. The molecule has 6 heteroatoms. The molecule has 0 aliphatic heterocycles. The number of benzene rings is 1. The molecule has 0 saturated heterocycles. The Labute approximate surface area is 109 Å². The lowest BCUT2D eigenvalue weighted by atomic mass is 10.1. The zero-order valence-electron chi connectivity index (χ0n) is 10.2. The molecule has 2 rings (SSSR count). The zero-order valence-corrected chi connectivity index (χ0v) is 10.2. The van der Waals surface area contributed by atoms with Gasteiger partial charge in [0.25, 0.3) is 11.6 Å². The van der Waals surface area contributed by atoms with Crippen molar-refractivity contribution in [3.05, 3.63) is 63.8 Å². The van der Waals surface area contributed by atoms with Crippen LogP contribution in [0.1, 0.15) is 15.9 Å². The van der Waals surface area contributed by atoms with Crippen molar-refractivity contribution in [2.24, 2.45) is 0 Å². The van der Waals surface area contributed by atoms with Crippen molar-refractivity contribution in [3.8, 4) is 0 Å². The van der Waals surface area contributed by atoms with Gasteiger partial charge >= 0.3 is 0 Å². The quantitative estimate of drug-likeness (QED) is 0.676. The third-order valence-electron chi connectivity index (χ3n) is 2.57. The molecule has 1 N–H and O–H groups in total. The van der Waals surface area contributed by atoms with E-state index < -0.39 is 10.8 Å². The van der Waals surface area contributed by atoms with Crippen molar-refractivity contribution in [1.29, 1.82) is 0 Å². The Balaban J connectivity index is 2.35. The van der Waals surface area contributed by atoms with Crippen LogP contribution in [0.5, 0.6) is 0 Å². The van der Waals surface area contributed by atoms with E-state index >= 15 is 0 Å². The average molecular weight is 257 g/mol. The average Bonchev–Trinajstić information content (AvgIpc) is 2.39. The van der Waals surface area contributed by atoms with Crippen LogP contribution in [0, 0.1) is 17.0 Å². The van der Waals surface area contributed by atoms with E-state index in [-0.39, 0.29) is 11.3 Å². The van der Waals surface area contributed by atoms with E-state index in [1.807, 2.05) is 0 Å². The first-order valence-electron chi connectivity index (χ1n) is 5.56. The van der Waals surface area contributed by atoms with Crippen molar-refractivity contribution < 1.29 is 9.72 Å². The summed E-state index contributed by atoms with van der Waals surface area (Å²) in [4.78, 5) is 26.4.